The summed E-state index contributed by atoms with van der Waals surface area (Å²) in [7, 11) is 0. The van der Waals surface area contributed by atoms with Crippen molar-refractivity contribution >= 4 is 169 Å². The SMILES string of the molecule is c1ccc(-c2cc3c(cc2N2c4cc5c(cc4B4c6ccccc6N(c6ccccc6)c6cc(N(c7ccccc7)c7ccccc7)cc2c64)B2c4ccccc4Sc4cc(N(c6ccccc6)c6ccccc6)cc(c42)S5)sc2ccccc23)cc1. The number of hydrogen-bond donors (Lipinski definition) is 0. The van der Waals surface area contributed by atoms with E-state index >= 15 is 0 Å². The largest absolute Gasteiger partial charge is 0.311 e. The third kappa shape index (κ3) is 8.10. The molecule has 0 fully saturated rings. The number of fused-ring (bicyclic) bond motifs is 11. The highest BCUT2D eigenvalue weighted by Crippen LogP contribution is 2.53. The van der Waals surface area contributed by atoms with Crippen molar-refractivity contribution in [3.63, 3.8) is 0 Å². The number of hydrogen-bond acceptors (Lipinski definition) is 7. The number of rotatable bonds is 9. The predicted octanol–water partition coefficient (Wildman–Crippen LogP) is 18.2. The average molecular weight is 1160 g/mol. The highest BCUT2D eigenvalue weighted by molar-refractivity contribution is 8.01. The Morgan fingerprint density at radius 3 is 1.43 bits per heavy atom. The van der Waals surface area contributed by atoms with Crippen LogP contribution < -0.4 is 52.4 Å². The topological polar surface area (TPSA) is 13.0 Å². The molecule has 13 aromatic carbocycles. The van der Waals surface area contributed by atoms with Crippen LogP contribution in [-0.4, -0.2) is 13.4 Å². The highest BCUT2D eigenvalue weighted by Gasteiger charge is 2.47. The van der Waals surface area contributed by atoms with Crippen LogP contribution in [0.15, 0.2) is 323 Å². The van der Waals surface area contributed by atoms with E-state index < -0.39 is 0 Å². The second-order valence-corrected chi connectivity index (χ2v) is 26.0. The summed E-state index contributed by atoms with van der Waals surface area (Å²) in [5, 5.41) is 2.55. The van der Waals surface area contributed by atoms with E-state index in [-0.39, 0.29) is 13.4 Å². The van der Waals surface area contributed by atoms with Crippen molar-refractivity contribution in [1.29, 1.82) is 0 Å². The van der Waals surface area contributed by atoms with Gasteiger partial charge >= 0.3 is 0 Å². The van der Waals surface area contributed by atoms with Crippen molar-refractivity contribution in [2.24, 2.45) is 0 Å². The van der Waals surface area contributed by atoms with Gasteiger partial charge in [-0.1, -0.05) is 216 Å². The molecule has 0 spiro atoms. The lowest BCUT2D eigenvalue weighted by atomic mass is 9.31. The zero-order valence-electron chi connectivity index (χ0n) is 47.0. The molecule has 0 radical (unpaired) electrons. The molecule has 18 rings (SSSR count). The summed E-state index contributed by atoms with van der Waals surface area (Å²) in [6, 6.07) is 113. The first-order chi connectivity index (χ1) is 43.2. The fraction of sp³-hybridized carbons (Fsp3) is 0. The van der Waals surface area contributed by atoms with Gasteiger partial charge in [0.1, 0.15) is 0 Å². The summed E-state index contributed by atoms with van der Waals surface area (Å²) < 4.78 is 2.54. The molecule has 0 aliphatic carbocycles. The molecule has 4 aliphatic heterocycles. The molecule has 0 N–H and O–H groups in total. The van der Waals surface area contributed by atoms with Crippen LogP contribution in [0.25, 0.3) is 31.3 Å². The van der Waals surface area contributed by atoms with Gasteiger partial charge in [0.25, 0.3) is 6.71 Å². The summed E-state index contributed by atoms with van der Waals surface area (Å²) in [5.41, 5.74) is 23.9. The maximum atomic E-state index is 2.68. The molecule has 0 unspecified atom stereocenters. The smallest absolute Gasteiger partial charge is 0.252 e. The van der Waals surface area contributed by atoms with Gasteiger partial charge in [0, 0.05) is 102 Å². The molecule has 0 amide bonds. The molecular formula is C78H50B2N4S3. The van der Waals surface area contributed by atoms with E-state index in [9.17, 15) is 0 Å². The molecule has 0 saturated heterocycles. The van der Waals surface area contributed by atoms with E-state index in [2.05, 4.69) is 323 Å². The number of thiophene rings is 1. The second kappa shape index (κ2) is 20.4. The fourth-order valence-corrected chi connectivity index (χ4v) is 17.8. The molecule has 0 bridgehead atoms. The van der Waals surface area contributed by atoms with E-state index in [1.807, 2.05) is 34.9 Å². The van der Waals surface area contributed by atoms with Crippen LogP contribution in [0.5, 0.6) is 0 Å². The van der Waals surface area contributed by atoms with Gasteiger partial charge in [-0.05, 0) is 149 Å². The monoisotopic (exact) mass is 1160 g/mol. The molecule has 1 aromatic heterocycles. The van der Waals surface area contributed by atoms with E-state index in [4.69, 9.17) is 0 Å². The van der Waals surface area contributed by atoms with Crippen LogP contribution in [0.3, 0.4) is 0 Å². The lowest BCUT2D eigenvalue weighted by molar-refractivity contribution is 1.22. The standard InChI is InChI=1S/C78H50B2N4S3/c1-7-25-51(26-8-1)60-47-61-59-37-19-23-41-71(59)85-73(61)49-67(60)84-68-50-74-65(80-63-39-21-24-42-72(63)86-75-45-58(46-76(87-74)78(75)80)82(54-31-13-4-14-32-54)55-33-15-5-16-34-55)48-64(68)79-62-38-20-22-40-66(62)83(56-35-17-6-18-36-56)69-43-57(44-70(84)77(69)79)81(52-27-9-2-10-28-52)53-29-11-3-12-30-53/h1-50H. The van der Waals surface area contributed by atoms with Gasteiger partial charge in [0.15, 0.2) is 0 Å². The van der Waals surface area contributed by atoms with Gasteiger partial charge in [0.2, 0.25) is 6.71 Å². The van der Waals surface area contributed by atoms with Gasteiger partial charge < -0.3 is 19.6 Å². The number of para-hydroxylation sites is 6. The van der Waals surface area contributed by atoms with Crippen LogP contribution >= 0.6 is 34.9 Å². The third-order valence-electron chi connectivity index (χ3n) is 17.9. The molecule has 406 valence electrons. The quantitative estimate of drug-likeness (QED) is 0.133. The maximum absolute atomic E-state index is 2.68. The minimum absolute atomic E-state index is 0.00127. The van der Waals surface area contributed by atoms with Crippen LogP contribution in [0.2, 0.25) is 0 Å². The lowest BCUT2D eigenvalue weighted by Gasteiger charge is -2.46. The Morgan fingerprint density at radius 1 is 0.276 bits per heavy atom. The normalized spacial score (nSPS) is 13.1. The molecular weight excluding hydrogens is 1110 g/mol. The van der Waals surface area contributed by atoms with Crippen molar-refractivity contribution in [2.75, 3.05) is 19.6 Å². The van der Waals surface area contributed by atoms with Gasteiger partial charge in [0.05, 0.1) is 11.4 Å². The van der Waals surface area contributed by atoms with Crippen molar-refractivity contribution in [1.82, 2.24) is 0 Å². The van der Waals surface area contributed by atoms with Gasteiger partial charge in [-0.3, -0.25) is 0 Å². The Balaban J connectivity index is 0.959. The van der Waals surface area contributed by atoms with Gasteiger partial charge in [-0.15, -0.1) is 11.3 Å². The summed E-state index contributed by atoms with van der Waals surface area (Å²) in [5.74, 6) is 0. The van der Waals surface area contributed by atoms with E-state index in [1.165, 1.54) is 95.0 Å². The van der Waals surface area contributed by atoms with E-state index in [0.717, 1.165) is 56.9 Å². The Kier molecular flexibility index (Phi) is 11.8. The number of anilines is 12. The molecule has 4 aliphatic rings. The molecule has 5 heterocycles. The van der Waals surface area contributed by atoms with Crippen molar-refractivity contribution < 1.29 is 0 Å². The minimum Gasteiger partial charge on any atom is -0.311 e. The van der Waals surface area contributed by atoms with Gasteiger partial charge in [-0.25, -0.2) is 0 Å². The molecule has 9 heteroatoms. The zero-order chi connectivity index (χ0) is 57.1. The first kappa shape index (κ1) is 50.4. The first-order valence-corrected chi connectivity index (χ1v) is 32.2. The summed E-state index contributed by atoms with van der Waals surface area (Å²) in [6.07, 6.45) is 0. The average Bonchev–Trinajstić information content (AvgIpc) is 0.903. The molecule has 87 heavy (non-hydrogen) atoms. The Bertz CT molecular complexity index is 4950. The Labute approximate surface area is 519 Å². The molecule has 0 saturated carbocycles. The minimum atomic E-state index is -0.126. The fourth-order valence-electron chi connectivity index (χ4n) is 14.2. The number of nitrogens with zero attached hydrogens (tertiary/aromatic N) is 4. The third-order valence-corrected chi connectivity index (χ3v) is 21.3. The summed E-state index contributed by atoms with van der Waals surface area (Å²) in [6.45, 7) is -0.125. The molecule has 4 nitrogen and oxygen atoms in total. The van der Waals surface area contributed by atoms with Crippen LogP contribution in [0, 0.1) is 0 Å². The Hall–Kier alpha value is -9.89. The molecule has 0 atom stereocenters. The predicted molar refractivity (Wildman–Crippen MR) is 374 cm³/mol. The van der Waals surface area contributed by atoms with Crippen molar-refractivity contribution in [3.8, 4) is 11.1 Å². The van der Waals surface area contributed by atoms with E-state index in [0.29, 0.717) is 0 Å². The van der Waals surface area contributed by atoms with Crippen molar-refractivity contribution in [2.45, 2.75) is 19.6 Å². The van der Waals surface area contributed by atoms with Crippen LogP contribution in [0.1, 0.15) is 0 Å². The zero-order valence-corrected chi connectivity index (χ0v) is 49.5. The van der Waals surface area contributed by atoms with E-state index in [1.54, 1.807) is 0 Å². The summed E-state index contributed by atoms with van der Waals surface area (Å²) >= 11 is 5.73. The van der Waals surface area contributed by atoms with Gasteiger partial charge in [-0.2, -0.15) is 0 Å². The molecule has 14 aromatic rings. The second-order valence-electron chi connectivity index (χ2n) is 22.7. The maximum Gasteiger partial charge on any atom is 0.252 e. The highest BCUT2D eigenvalue weighted by atomic mass is 32.2. The lowest BCUT2D eigenvalue weighted by Crippen LogP contribution is -2.64. The summed E-state index contributed by atoms with van der Waals surface area (Å²) in [4.78, 5) is 15.2. The van der Waals surface area contributed by atoms with Crippen LogP contribution in [-0.2, 0) is 0 Å². The first-order valence-electron chi connectivity index (χ1n) is 29.7. The van der Waals surface area contributed by atoms with Crippen LogP contribution in [0.4, 0.5) is 68.2 Å². The van der Waals surface area contributed by atoms with Crippen molar-refractivity contribution in [3.05, 3.63) is 303 Å². The number of benzene rings is 13. The Morgan fingerprint density at radius 2 is 0.782 bits per heavy atom.